The fourth-order valence-electron chi connectivity index (χ4n) is 1.75. The molecule has 0 saturated carbocycles. The normalized spacial score (nSPS) is 10.2. The number of pyridine rings is 1. The Labute approximate surface area is 120 Å². The molecule has 0 bridgehead atoms. The Balaban J connectivity index is 2.17. The molecule has 0 aliphatic rings. The summed E-state index contributed by atoms with van der Waals surface area (Å²) in [5.41, 5.74) is 0.565. The molecule has 0 saturated heterocycles. The van der Waals surface area contributed by atoms with Crippen LogP contribution in [0.1, 0.15) is 16.1 Å². The van der Waals surface area contributed by atoms with Crippen molar-refractivity contribution in [2.45, 2.75) is 6.54 Å². The SMILES string of the molecule is CNc1ncc([N+](=O)[O-])cc1C(=O)NCc1ccn(C)n1. The highest BCUT2D eigenvalue weighted by Crippen LogP contribution is 2.18. The molecule has 0 unspecified atom stereocenters. The fraction of sp³-hybridized carbons (Fsp3) is 0.250. The molecule has 2 rings (SSSR count). The van der Waals surface area contributed by atoms with Crippen LogP contribution in [0.25, 0.3) is 0 Å². The fourth-order valence-corrected chi connectivity index (χ4v) is 1.75. The molecule has 2 heterocycles. The molecule has 9 nitrogen and oxygen atoms in total. The highest BCUT2D eigenvalue weighted by Gasteiger charge is 2.17. The maximum absolute atomic E-state index is 12.1. The zero-order valence-electron chi connectivity index (χ0n) is 11.5. The molecule has 2 N–H and O–H groups in total. The molecule has 9 heteroatoms. The number of hydrogen-bond donors (Lipinski definition) is 2. The summed E-state index contributed by atoms with van der Waals surface area (Å²) in [6.45, 7) is 0.228. The van der Waals surface area contributed by atoms with Gasteiger partial charge in [-0.3, -0.25) is 19.6 Å². The summed E-state index contributed by atoms with van der Waals surface area (Å²) >= 11 is 0. The van der Waals surface area contributed by atoms with E-state index < -0.39 is 10.8 Å². The second-order valence-corrected chi connectivity index (χ2v) is 4.26. The number of nitrogens with one attached hydrogen (secondary N) is 2. The summed E-state index contributed by atoms with van der Waals surface area (Å²) in [5, 5.41) is 20.3. The van der Waals surface area contributed by atoms with Crippen molar-refractivity contribution in [3.05, 3.63) is 45.9 Å². The van der Waals surface area contributed by atoms with Gasteiger partial charge in [0.1, 0.15) is 12.0 Å². The van der Waals surface area contributed by atoms with Crippen LogP contribution in [-0.4, -0.2) is 32.6 Å². The van der Waals surface area contributed by atoms with Crippen LogP contribution in [0.2, 0.25) is 0 Å². The van der Waals surface area contributed by atoms with Crippen molar-refractivity contribution in [3.63, 3.8) is 0 Å². The van der Waals surface area contributed by atoms with Crippen LogP contribution < -0.4 is 10.6 Å². The molecule has 0 aromatic carbocycles. The lowest BCUT2D eigenvalue weighted by Gasteiger charge is -2.08. The van der Waals surface area contributed by atoms with Crippen molar-refractivity contribution in [2.75, 3.05) is 12.4 Å². The van der Waals surface area contributed by atoms with Gasteiger partial charge in [0.15, 0.2) is 0 Å². The molecular formula is C12H14N6O3. The molecule has 2 aromatic rings. The van der Waals surface area contributed by atoms with Crippen LogP contribution in [0.15, 0.2) is 24.5 Å². The lowest BCUT2D eigenvalue weighted by Crippen LogP contribution is -2.24. The third kappa shape index (κ3) is 3.32. The van der Waals surface area contributed by atoms with Crippen LogP contribution in [-0.2, 0) is 13.6 Å². The van der Waals surface area contributed by atoms with E-state index in [0.29, 0.717) is 5.69 Å². The van der Waals surface area contributed by atoms with Crippen molar-refractivity contribution in [2.24, 2.45) is 7.05 Å². The van der Waals surface area contributed by atoms with Gasteiger partial charge < -0.3 is 10.6 Å². The maximum Gasteiger partial charge on any atom is 0.288 e. The summed E-state index contributed by atoms with van der Waals surface area (Å²) in [6.07, 6.45) is 2.86. The molecule has 0 fully saturated rings. The molecule has 2 aromatic heterocycles. The summed E-state index contributed by atoms with van der Waals surface area (Å²) in [6, 6.07) is 2.96. The molecule has 110 valence electrons. The molecule has 0 aliphatic heterocycles. The van der Waals surface area contributed by atoms with Crippen LogP contribution in [0.4, 0.5) is 11.5 Å². The van der Waals surface area contributed by atoms with E-state index in [1.807, 2.05) is 0 Å². The minimum absolute atomic E-state index is 0.114. The smallest absolute Gasteiger partial charge is 0.288 e. The third-order valence-corrected chi connectivity index (χ3v) is 2.76. The molecular weight excluding hydrogens is 276 g/mol. The number of amides is 1. The van der Waals surface area contributed by atoms with Gasteiger partial charge in [0.25, 0.3) is 11.6 Å². The van der Waals surface area contributed by atoms with Gasteiger partial charge in [-0.1, -0.05) is 0 Å². The van der Waals surface area contributed by atoms with Gasteiger partial charge in [-0.15, -0.1) is 0 Å². The molecule has 0 aliphatic carbocycles. The number of nitrogens with zero attached hydrogens (tertiary/aromatic N) is 4. The monoisotopic (exact) mass is 290 g/mol. The third-order valence-electron chi connectivity index (χ3n) is 2.76. The van der Waals surface area contributed by atoms with Crippen molar-refractivity contribution < 1.29 is 9.72 Å². The Bertz CT molecular complexity index is 681. The van der Waals surface area contributed by atoms with E-state index in [1.54, 1.807) is 31.0 Å². The van der Waals surface area contributed by atoms with E-state index in [0.717, 1.165) is 6.20 Å². The second-order valence-electron chi connectivity index (χ2n) is 4.26. The van der Waals surface area contributed by atoms with Crippen molar-refractivity contribution in [1.29, 1.82) is 0 Å². The predicted octanol–water partition coefficient (Wildman–Crippen LogP) is 0.695. The van der Waals surface area contributed by atoms with Gasteiger partial charge >= 0.3 is 0 Å². The number of nitro groups is 1. The number of carbonyl (C=O) groups is 1. The molecule has 0 atom stereocenters. The Morgan fingerprint density at radius 3 is 2.86 bits per heavy atom. The maximum atomic E-state index is 12.1. The van der Waals surface area contributed by atoms with Crippen LogP contribution in [0.3, 0.4) is 0 Å². The number of rotatable bonds is 5. The summed E-state index contributed by atoms with van der Waals surface area (Å²) in [5.74, 6) is -0.180. The van der Waals surface area contributed by atoms with E-state index in [4.69, 9.17) is 0 Å². The topological polar surface area (TPSA) is 115 Å². The average molecular weight is 290 g/mol. The summed E-state index contributed by atoms with van der Waals surface area (Å²) in [7, 11) is 3.36. The zero-order chi connectivity index (χ0) is 15.4. The van der Waals surface area contributed by atoms with E-state index in [-0.39, 0.29) is 23.6 Å². The number of carbonyl (C=O) groups excluding carboxylic acids is 1. The van der Waals surface area contributed by atoms with Crippen LogP contribution in [0, 0.1) is 10.1 Å². The lowest BCUT2D eigenvalue weighted by molar-refractivity contribution is -0.385. The minimum Gasteiger partial charge on any atom is -0.372 e. The lowest BCUT2D eigenvalue weighted by atomic mass is 10.2. The quantitative estimate of drug-likeness (QED) is 0.618. The second kappa shape index (κ2) is 5.99. The average Bonchev–Trinajstić information content (AvgIpc) is 2.89. The molecule has 1 amide bonds. The molecule has 21 heavy (non-hydrogen) atoms. The van der Waals surface area contributed by atoms with Gasteiger partial charge in [0.05, 0.1) is 22.7 Å². The Kier molecular flexibility index (Phi) is 4.12. The minimum atomic E-state index is -0.595. The number of anilines is 1. The van der Waals surface area contributed by atoms with Gasteiger partial charge in [-0.25, -0.2) is 4.98 Å². The van der Waals surface area contributed by atoms with Gasteiger partial charge in [-0.2, -0.15) is 5.10 Å². The molecule has 0 spiro atoms. The first-order valence-corrected chi connectivity index (χ1v) is 6.10. The predicted molar refractivity (Wildman–Crippen MR) is 74.8 cm³/mol. The van der Waals surface area contributed by atoms with E-state index in [2.05, 4.69) is 20.7 Å². The number of aryl methyl sites for hydroxylation is 1. The van der Waals surface area contributed by atoms with Gasteiger partial charge in [0, 0.05) is 26.4 Å². The Hall–Kier alpha value is -2.97. The number of hydrogen-bond acceptors (Lipinski definition) is 6. The molecule has 0 radical (unpaired) electrons. The first-order chi connectivity index (χ1) is 10.0. The number of aromatic nitrogens is 3. The van der Waals surface area contributed by atoms with E-state index >= 15 is 0 Å². The Morgan fingerprint density at radius 2 is 2.29 bits per heavy atom. The summed E-state index contributed by atoms with van der Waals surface area (Å²) in [4.78, 5) is 26.2. The Morgan fingerprint density at radius 1 is 1.52 bits per heavy atom. The first-order valence-electron chi connectivity index (χ1n) is 6.10. The van der Waals surface area contributed by atoms with Crippen molar-refractivity contribution in [1.82, 2.24) is 20.1 Å². The largest absolute Gasteiger partial charge is 0.372 e. The highest BCUT2D eigenvalue weighted by atomic mass is 16.6. The van der Waals surface area contributed by atoms with Gasteiger partial charge in [-0.05, 0) is 6.07 Å². The van der Waals surface area contributed by atoms with E-state index in [9.17, 15) is 14.9 Å². The van der Waals surface area contributed by atoms with E-state index in [1.165, 1.54) is 6.07 Å². The first kappa shape index (κ1) is 14.4. The zero-order valence-corrected chi connectivity index (χ0v) is 11.5. The van der Waals surface area contributed by atoms with Crippen molar-refractivity contribution >= 4 is 17.4 Å². The van der Waals surface area contributed by atoms with Gasteiger partial charge in [0.2, 0.25) is 0 Å². The standard InChI is InChI=1S/C12H14N6O3/c1-13-11-10(5-9(7-14-11)18(20)21)12(19)15-6-8-3-4-17(2)16-8/h3-5,7H,6H2,1-2H3,(H,13,14)(H,15,19). The highest BCUT2D eigenvalue weighted by molar-refractivity contribution is 5.99. The van der Waals surface area contributed by atoms with Crippen molar-refractivity contribution in [3.8, 4) is 0 Å². The van der Waals surface area contributed by atoms with Crippen LogP contribution in [0.5, 0.6) is 0 Å². The summed E-state index contributed by atoms with van der Waals surface area (Å²) < 4.78 is 1.62. The van der Waals surface area contributed by atoms with Crippen LogP contribution >= 0.6 is 0 Å².